The van der Waals surface area contributed by atoms with Gasteiger partial charge in [0.15, 0.2) is 0 Å². The van der Waals surface area contributed by atoms with Crippen molar-refractivity contribution in [3.8, 4) is 11.3 Å². The van der Waals surface area contributed by atoms with E-state index >= 15 is 0 Å². The molecule has 0 radical (unpaired) electrons. The number of amides is 1. The highest BCUT2D eigenvalue weighted by atomic mass is 32.3. The zero-order chi connectivity index (χ0) is 26.2. The maximum Gasteiger partial charge on any atom is 0.335 e. The van der Waals surface area contributed by atoms with Crippen LogP contribution in [0.5, 0.6) is 0 Å². The summed E-state index contributed by atoms with van der Waals surface area (Å²) in [7, 11) is -2.55. The first-order valence-electron chi connectivity index (χ1n) is 12.9. The number of rotatable bonds is 7. The summed E-state index contributed by atoms with van der Waals surface area (Å²) in [5.74, 6) is -0.781. The van der Waals surface area contributed by atoms with Crippen LogP contribution in [0, 0.1) is 11.7 Å². The van der Waals surface area contributed by atoms with Crippen molar-refractivity contribution in [3.05, 3.63) is 59.4 Å². The second kappa shape index (κ2) is 10.5. The highest BCUT2D eigenvalue weighted by Gasteiger charge is 2.30. The maximum absolute atomic E-state index is 14.4. The molecule has 1 saturated carbocycles. The maximum atomic E-state index is 14.4. The predicted octanol–water partition coefficient (Wildman–Crippen LogP) is 6.08. The van der Waals surface area contributed by atoms with Gasteiger partial charge in [-0.2, -0.15) is 10.6 Å². The summed E-state index contributed by atoms with van der Waals surface area (Å²) < 4.78 is 36.0. The minimum atomic E-state index is -2.55. The molecule has 1 unspecified atom stereocenters. The Labute approximate surface area is 217 Å². The third-order valence-electron chi connectivity index (χ3n) is 7.71. The third kappa shape index (κ3) is 5.54. The Morgan fingerprint density at radius 2 is 1.84 bits per heavy atom. The molecule has 2 aliphatic rings. The molecule has 2 aromatic carbocycles. The van der Waals surface area contributed by atoms with Gasteiger partial charge in [-0.3, -0.25) is 13.9 Å². The van der Waals surface area contributed by atoms with Crippen molar-refractivity contribution >= 4 is 33.4 Å². The normalized spacial score (nSPS) is 20.7. The first-order valence-corrected chi connectivity index (χ1v) is 14.8. The SMILES string of the molecule is O=C(Cn1c(-c2cccc(F)c2)c(C2CCCCC2)c2ccc(C(=O)O)cc21)NCC1CCS(O)(O)C1. The summed E-state index contributed by atoms with van der Waals surface area (Å²) >= 11 is 0. The number of hydrogen-bond donors (Lipinski definition) is 4. The number of carboxylic acid groups (broad SMARTS) is 1. The molecule has 198 valence electrons. The van der Waals surface area contributed by atoms with Gasteiger partial charge >= 0.3 is 5.97 Å². The highest BCUT2D eigenvalue weighted by Crippen LogP contribution is 2.48. The van der Waals surface area contributed by atoms with E-state index in [0.29, 0.717) is 35.6 Å². The number of fused-ring (bicyclic) bond motifs is 1. The highest BCUT2D eigenvalue weighted by molar-refractivity contribution is 8.24. The van der Waals surface area contributed by atoms with Gasteiger partial charge in [-0.25, -0.2) is 9.18 Å². The van der Waals surface area contributed by atoms with E-state index in [4.69, 9.17) is 0 Å². The van der Waals surface area contributed by atoms with Crippen LogP contribution in [0.3, 0.4) is 0 Å². The van der Waals surface area contributed by atoms with Crippen LogP contribution in [0.25, 0.3) is 22.2 Å². The van der Waals surface area contributed by atoms with Crippen molar-refractivity contribution in [2.75, 3.05) is 18.1 Å². The lowest BCUT2D eigenvalue weighted by Gasteiger charge is -2.26. The van der Waals surface area contributed by atoms with Crippen LogP contribution in [-0.4, -0.2) is 48.7 Å². The molecule has 1 aliphatic carbocycles. The monoisotopic (exact) mass is 528 g/mol. The lowest BCUT2D eigenvalue weighted by atomic mass is 9.82. The Hall–Kier alpha value is -2.88. The number of nitrogens with zero attached hydrogens (tertiary/aromatic N) is 1. The van der Waals surface area contributed by atoms with Gasteiger partial charge in [0, 0.05) is 29.0 Å². The molecule has 2 fully saturated rings. The van der Waals surface area contributed by atoms with Crippen LogP contribution in [0.15, 0.2) is 42.5 Å². The number of carboxylic acids is 1. The van der Waals surface area contributed by atoms with Gasteiger partial charge in [-0.15, -0.1) is 0 Å². The predicted molar refractivity (Wildman–Crippen MR) is 144 cm³/mol. The molecule has 5 rings (SSSR count). The number of benzene rings is 2. The fourth-order valence-corrected chi connectivity index (χ4v) is 7.86. The molecule has 4 N–H and O–H groups in total. The average molecular weight is 529 g/mol. The zero-order valence-electron chi connectivity index (χ0n) is 20.7. The van der Waals surface area contributed by atoms with E-state index in [0.717, 1.165) is 42.3 Å². The number of halogens is 1. The second-order valence-corrected chi connectivity index (χ2v) is 12.7. The first kappa shape index (κ1) is 25.8. The summed E-state index contributed by atoms with van der Waals surface area (Å²) in [5.41, 5.74) is 3.24. The molecule has 1 atom stereocenters. The molecule has 0 bridgehead atoms. The Morgan fingerprint density at radius 3 is 2.51 bits per heavy atom. The van der Waals surface area contributed by atoms with E-state index in [2.05, 4.69) is 5.32 Å². The number of hydrogen-bond acceptors (Lipinski definition) is 4. The molecule has 2 heterocycles. The second-order valence-electron chi connectivity index (χ2n) is 10.4. The fourth-order valence-electron chi connectivity index (χ4n) is 5.94. The Morgan fingerprint density at radius 1 is 1.05 bits per heavy atom. The molecule has 0 spiro atoms. The van der Waals surface area contributed by atoms with Crippen molar-refractivity contribution in [2.24, 2.45) is 5.92 Å². The van der Waals surface area contributed by atoms with Crippen LogP contribution < -0.4 is 5.32 Å². The minimum absolute atomic E-state index is 0.00876. The van der Waals surface area contributed by atoms with E-state index in [1.807, 2.05) is 16.7 Å². The quantitative estimate of drug-likeness (QED) is 0.297. The van der Waals surface area contributed by atoms with Gasteiger partial charge in [-0.05, 0) is 60.9 Å². The van der Waals surface area contributed by atoms with Crippen LogP contribution >= 0.6 is 10.6 Å². The topological polar surface area (TPSA) is 112 Å². The average Bonchev–Trinajstić information content (AvgIpc) is 3.39. The molecule has 37 heavy (non-hydrogen) atoms. The number of aromatic nitrogens is 1. The molecule has 1 amide bonds. The van der Waals surface area contributed by atoms with E-state index < -0.39 is 16.6 Å². The number of nitrogens with one attached hydrogen (secondary N) is 1. The molecule has 1 saturated heterocycles. The molecule has 1 aromatic heterocycles. The zero-order valence-corrected chi connectivity index (χ0v) is 21.5. The Bertz CT molecular complexity index is 1330. The van der Waals surface area contributed by atoms with Crippen molar-refractivity contribution in [2.45, 2.75) is 51.0 Å². The van der Waals surface area contributed by atoms with Gasteiger partial charge < -0.3 is 15.0 Å². The standard InChI is InChI=1S/C28H33FN2O5S/c29-22-8-4-7-20(13-22)27-26(19-5-2-1-3-6-19)23-10-9-21(28(33)34)14-24(23)31(27)16-25(32)30-15-18-11-12-37(35,36)17-18/h4,7-10,13-14,18-19,35-36H,1-3,5-6,11-12,15-17H2,(H,30,32)(H,33,34). The summed E-state index contributed by atoms with van der Waals surface area (Å²) in [5, 5.41) is 13.5. The Kier molecular flexibility index (Phi) is 7.29. The van der Waals surface area contributed by atoms with Crippen LogP contribution in [-0.2, 0) is 11.3 Å². The molecule has 7 nitrogen and oxygen atoms in total. The van der Waals surface area contributed by atoms with E-state index in [9.17, 15) is 28.2 Å². The smallest absolute Gasteiger partial charge is 0.335 e. The van der Waals surface area contributed by atoms with Gasteiger partial charge in [0.25, 0.3) is 0 Å². The van der Waals surface area contributed by atoms with Gasteiger partial charge in [0.2, 0.25) is 5.91 Å². The van der Waals surface area contributed by atoms with Gasteiger partial charge in [0.05, 0.1) is 16.8 Å². The molecular formula is C28H33FN2O5S. The summed E-state index contributed by atoms with van der Waals surface area (Å²) in [6.45, 7) is 0.292. The molecule has 1 aliphatic heterocycles. The van der Waals surface area contributed by atoms with Gasteiger partial charge in [0.1, 0.15) is 12.4 Å². The van der Waals surface area contributed by atoms with Crippen LogP contribution in [0.2, 0.25) is 0 Å². The largest absolute Gasteiger partial charge is 0.478 e. The van der Waals surface area contributed by atoms with Crippen molar-refractivity contribution < 1.29 is 28.2 Å². The number of carbonyl (C=O) groups excluding carboxylic acids is 1. The molecular weight excluding hydrogens is 495 g/mol. The fraction of sp³-hybridized carbons (Fsp3) is 0.429. The first-order chi connectivity index (χ1) is 17.7. The third-order valence-corrected chi connectivity index (χ3v) is 9.60. The summed E-state index contributed by atoms with van der Waals surface area (Å²) in [4.78, 5) is 25.0. The molecule has 9 heteroatoms. The van der Waals surface area contributed by atoms with Crippen molar-refractivity contribution in [1.29, 1.82) is 0 Å². The van der Waals surface area contributed by atoms with E-state index in [1.54, 1.807) is 18.2 Å². The van der Waals surface area contributed by atoms with Crippen molar-refractivity contribution in [3.63, 3.8) is 0 Å². The van der Waals surface area contributed by atoms with Crippen molar-refractivity contribution in [1.82, 2.24) is 9.88 Å². The number of carbonyl (C=O) groups is 2. The Balaban J connectivity index is 1.58. The minimum Gasteiger partial charge on any atom is -0.478 e. The van der Waals surface area contributed by atoms with E-state index in [-0.39, 0.29) is 35.7 Å². The van der Waals surface area contributed by atoms with Crippen LogP contribution in [0.4, 0.5) is 4.39 Å². The summed E-state index contributed by atoms with van der Waals surface area (Å²) in [6.07, 6.45) is 5.98. The number of aromatic carboxylic acids is 1. The molecule has 3 aromatic rings. The summed E-state index contributed by atoms with van der Waals surface area (Å²) in [6, 6.07) is 11.4. The van der Waals surface area contributed by atoms with Crippen LogP contribution in [0.1, 0.15) is 60.4 Å². The lowest BCUT2D eigenvalue weighted by molar-refractivity contribution is -0.121. The lowest BCUT2D eigenvalue weighted by Crippen LogP contribution is -2.32. The van der Waals surface area contributed by atoms with Gasteiger partial charge in [-0.1, -0.05) is 37.5 Å². The van der Waals surface area contributed by atoms with E-state index in [1.165, 1.54) is 18.6 Å².